The predicted octanol–water partition coefficient (Wildman–Crippen LogP) is 5.04. The summed E-state index contributed by atoms with van der Waals surface area (Å²) in [6.07, 6.45) is 0. The number of hydrogen-bond acceptors (Lipinski definition) is 0. The molecule has 0 heterocycles. The predicted molar refractivity (Wildman–Crippen MR) is 69.4 cm³/mol. The van der Waals surface area contributed by atoms with Crippen LogP contribution < -0.4 is 0 Å². The second-order valence-corrected chi connectivity index (χ2v) is 11.0. The Morgan fingerprint density at radius 2 is 1.27 bits per heavy atom. The Bertz CT molecular complexity index is 175. The first-order valence-electron chi connectivity index (χ1n) is 2.89. The van der Waals surface area contributed by atoms with Gasteiger partial charge in [-0.3, -0.25) is 0 Å². The fourth-order valence-corrected chi connectivity index (χ4v) is 6.67. The van der Waals surface area contributed by atoms with E-state index >= 15 is 0 Å². The molecule has 0 nitrogen and oxygen atoms in total. The molecular weight excluding hydrogens is 420 g/mol. The average Bonchev–Trinajstić information content (AvgIpc) is 2.01. The lowest BCUT2D eigenvalue weighted by molar-refractivity contribution is 1.82. The first-order valence-corrected chi connectivity index (χ1v) is 9.31. The van der Waals surface area contributed by atoms with Crippen LogP contribution in [0.25, 0.3) is 0 Å². The number of rotatable bonds is 2. The van der Waals surface area contributed by atoms with Crippen LogP contribution in [0.15, 0.2) is 18.2 Å². The molecule has 0 N–H and O–H groups in total. The molecule has 0 aliphatic heterocycles. The Morgan fingerprint density at radius 3 is 1.45 bits per heavy atom. The van der Waals surface area contributed by atoms with Crippen molar-refractivity contribution in [3.05, 3.63) is 18.2 Å². The molecule has 0 saturated heterocycles. The van der Waals surface area contributed by atoms with Crippen LogP contribution in [0.4, 0.5) is 0 Å². The maximum Gasteiger partial charge on any atom is 0.131 e. The molecule has 0 fully saturated rings. The molecule has 0 atom stereocenters. The zero-order valence-corrected chi connectivity index (χ0v) is 13.5. The van der Waals surface area contributed by atoms with E-state index in [0.29, 0.717) is 0 Å². The van der Waals surface area contributed by atoms with E-state index in [1.807, 2.05) is 9.97 Å². The van der Waals surface area contributed by atoms with Gasteiger partial charge in [0.25, 0.3) is 0 Å². The van der Waals surface area contributed by atoms with E-state index in [1.54, 1.807) is 0 Å². The molecule has 0 saturated carbocycles. The molecule has 0 radical (unpaired) electrons. The largest absolute Gasteiger partial charge is 0.131 e. The van der Waals surface area contributed by atoms with Gasteiger partial charge < -0.3 is 0 Å². The molecule has 0 spiro atoms. The van der Waals surface area contributed by atoms with Crippen LogP contribution in [0.5, 0.6) is 0 Å². The van der Waals surface area contributed by atoms with E-state index in [1.165, 1.54) is 8.21 Å². The van der Waals surface area contributed by atoms with Crippen LogP contribution in [-0.2, 0) is 0 Å². The lowest BCUT2D eigenvalue weighted by Gasteiger charge is -2.20. The molecule has 0 aromatic rings. The van der Waals surface area contributed by atoms with Crippen molar-refractivity contribution in [1.82, 2.24) is 0 Å². The van der Waals surface area contributed by atoms with E-state index in [4.69, 9.17) is 0 Å². The minimum atomic E-state index is -1.45. The van der Waals surface area contributed by atoms with Gasteiger partial charge in [-0.1, -0.05) is 76.8 Å². The number of hydrogen-bond donors (Lipinski definition) is 0. The third kappa shape index (κ3) is 3.46. The van der Waals surface area contributed by atoms with Crippen molar-refractivity contribution in [2.24, 2.45) is 0 Å². The Hall–Kier alpha value is 1.62. The molecule has 0 amide bonds. The smallest absolute Gasteiger partial charge is 0.0606 e. The maximum atomic E-state index is 3.52. The van der Waals surface area contributed by atoms with Gasteiger partial charge in [-0.15, -0.1) is 0 Å². The van der Waals surface area contributed by atoms with E-state index < -0.39 is 8.07 Å². The van der Waals surface area contributed by atoms with Crippen molar-refractivity contribution in [2.45, 2.75) is 13.1 Å². The van der Waals surface area contributed by atoms with Gasteiger partial charge >= 0.3 is 0 Å². The van der Waals surface area contributed by atoms with Crippen LogP contribution in [0.2, 0.25) is 13.1 Å². The highest BCUT2D eigenvalue weighted by Gasteiger charge is 2.27. The highest BCUT2D eigenvalue weighted by Crippen LogP contribution is 2.32. The third-order valence-corrected chi connectivity index (χ3v) is 13.5. The van der Waals surface area contributed by atoms with Gasteiger partial charge in [-0.25, -0.2) is 0 Å². The first-order chi connectivity index (χ1) is 4.96. The molecule has 0 bridgehead atoms. The van der Waals surface area contributed by atoms with Crippen LogP contribution in [0.1, 0.15) is 0 Å². The lowest BCUT2D eigenvalue weighted by atomic mass is 11.2. The lowest BCUT2D eigenvalue weighted by Crippen LogP contribution is -2.26. The van der Waals surface area contributed by atoms with E-state index in [-0.39, 0.29) is 0 Å². The van der Waals surface area contributed by atoms with Gasteiger partial charge in [-0.05, 0) is 18.2 Å². The van der Waals surface area contributed by atoms with E-state index in [0.717, 1.165) is 0 Å². The zero-order valence-electron chi connectivity index (χ0n) is 6.17. The van der Waals surface area contributed by atoms with E-state index in [9.17, 15) is 0 Å². The second-order valence-electron chi connectivity index (χ2n) is 2.54. The molecule has 0 unspecified atom stereocenters. The Labute approximate surface area is 102 Å². The molecule has 0 aliphatic carbocycles. The summed E-state index contributed by atoms with van der Waals surface area (Å²) in [5.74, 6) is 0. The van der Waals surface area contributed by atoms with Crippen LogP contribution in [0, 0.1) is 0 Å². The van der Waals surface area contributed by atoms with Crippen molar-refractivity contribution in [3.63, 3.8) is 0 Å². The molecule has 0 aliphatic rings. The Kier molecular flexibility index (Phi) is 6.16. The van der Waals surface area contributed by atoms with Gasteiger partial charge in [0.05, 0.1) is 0 Å². The van der Waals surface area contributed by atoms with E-state index in [2.05, 4.69) is 76.8 Å². The summed E-state index contributed by atoms with van der Waals surface area (Å²) in [5.41, 5.74) is 0. The molecular formula is C6H8Br4Si. The normalized spacial score (nSPS) is 15.5. The maximum absolute atomic E-state index is 3.52. The highest BCUT2D eigenvalue weighted by molar-refractivity contribution is 9.15. The van der Waals surface area contributed by atoms with Crippen molar-refractivity contribution in [3.8, 4) is 0 Å². The van der Waals surface area contributed by atoms with Crippen LogP contribution in [0.3, 0.4) is 0 Å². The number of halogens is 4. The standard InChI is InChI=1S/C6H8Br4Si/c1-11(2,5(9)3-7)6(10)4-8/h3-4H,1-2H3/b5-3+,6-4+. The van der Waals surface area contributed by atoms with Gasteiger partial charge in [0, 0.05) is 0 Å². The monoisotopic (exact) mass is 424 g/mol. The van der Waals surface area contributed by atoms with Crippen molar-refractivity contribution < 1.29 is 0 Å². The zero-order chi connectivity index (χ0) is 9.07. The minimum Gasteiger partial charge on any atom is -0.0606 e. The highest BCUT2D eigenvalue weighted by atomic mass is 79.9. The molecule has 0 aromatic carbocycles. The summed E-state index contributed by atoms with van der Waals surface area (Å²) in [7, 11) is -1.45. The summed E-state index contributed by atoms with van der Waals surface area (Å²) in [4.78, 5) is 3.86. The fraction of sp³-hybridized carbons (Fsp3) is 0.333. The van der Waals surface area contributed by atoms with Gasteiger partial charge in [0.2, 0.25) is 0 Å². The molecule has 5 heteroatoms. The van der Waals surface area contributed by atoms with Crippen molar-refractivity contribution in [2.75, 3.05) is 0 Å². The topological polar surface area (TPSA) is 0 Å². The summed E-state index contributed by atoms with van der Waals surface area (Å²) in [6.45, 7) is 4.49. The summed E-state index contributed by atoms with van der Waals surface area (Å²) < 4.78 is 2.46. The quantitative estimate of drug-likeness (QED) is 0.542. The van der Waals surface area contributed by atoms with Gasteiger partial charge in [0.15, 0.2) is 0 Å². The van der Waals surface area contributed by atoms with Gasteiger partial charge in [0.1, 0.15) is 8.07 Å². The third-order valence-electron chi connectivity index (χ3n) is 1.39. The fourth-order valence-electron chi connectivity index (χ4n) is 0.387. The first kappa shape index (κ1) is 12.6. The minimum absolute atomic E-state index is 1.23. The SMILES string of the molecule is C[Si](C)(/C(Br)=C/Br)/C(Br)=C/Br. The van der Waals surface area contributed by atoms with Crippen molar-refractivity contribution in [1.29, 1.82) is 0 Å². The summed E-state index contributed by atoms with van der Waals surface area (Å²) in [6, 6.07) is 0. The summed E-state index contributed by atoms with van der Waals surface area (Å²) >= 11 is 13.7. The molecule has 11 heavy (non-hydrogen) atoms. The van der Waals surface area contributed by atoms with Crippen LogP contribution >= 0.6 is 63.7 Å². The Morgan fingerprint density at radius 1 is 1.00 bits per heavy atom. The van der Waals surface area contributed by atoms with Gasteiger partial charge in [-0.2, -0.15) is 0 Å². The average molecular weight is 428 g/mol. The van der Waals surface area contributed by atoms with Crippen LogP contribution in [-0.4, -0.2) is 8.07 Å². The molecule has 0 aromatic heterocycles. The second kappa shape index (κ2) is 5.37. The summed E-state index contributed by atoms with van der Waals surface area (Å²) in [5, 5.41) is 0. The molecule has 0 rings (SSSR count). The molecule has 64 valence electrons. The van der Waals surface area contributed by atoms with Crippen molar-refractivity contribution >= 4 is 71.8 Å². The Balaban J connectivity index is 4.73.